The molecule has 0 aliphatic rings. The van der Waals surface area contributed by atoms with Crippen molar-refractivity contribution in [3.05, 3.63) is 59.4 Å². The van der Waals surface area contributed by atoms with Crippen LogP contribution in [0.1, 0.15) is 11.1 Å². The number of anilines is 1. The van der Waals surface area contributed by atoms with Gasteiger partial charge < -0.3 is 10.1 Å². The van der Waals surface area contributed by atoms with E-state index in [1.54, 1.807) is 31.4 Å². The summed E-state index contributed by atoms with van der Waals surface area (Å²) in [4.78, 5) is 11.9. The van der Waals surface area contributed by atoms with E-state index >= 15 is 0 Å². The van der Waals surface area contributed by atoms with E-state index < -0.39 is 5.82 Å². The molecule has 4 nitrogen and oxygen atoms in total. The molecule has 0 saturated carbocycles. The van der Waals surface area contributed by atoms with Crippen molar-refractivity contribution in [3.8, 4) is 11.8 Å². The van der Waals surface area contributed by atoms with Gasteiger partial charge >= 0.3 is 0 Å². The lowest BCUT2D eigenvalue weighted by molar-refractivity contribution is -0.115. The van der Waals surface area contributed by atoms with Crippen LogP contribution < -0.4 is 10.1 Å². The number of methoxy groups -OCH3 is 1. The maximum atomic E-state index is 13.2. The number of benzene rings is 2. The second-order valence-electron chi connectivity index (χ2n) is 4.38. The van der Waals surface area contributed by atoms with E-state index in [-0.39, 0.29) is 17.9 Å². The van der Waals surface area contributed by atoms with Crippen molar-refractivity contribution in [1.82, 2.24) is 0 Å². The van der Waals surface area contributed by atoms with Gasteiger partial charge in [0, 0.05) is 5.69 Å². The number of nitrogens with zero attached hydrogens (tertiary/aromatic N) is 1. The van der Waals surface area contributed by atoms with Crippen LogP contribution in [0.5, 0.6) is 5.75 Å². The van der Waals surface area contributed by atoms with E-state index in [0.29, 0.717) is 11.4 Å². The molecule has 0 aliphatic heterocycles. The van der Waals surface area contributed by atoms with Crippen LogP contribution in [0.3, 0.4) is 0 Å². The number of ether oxygens (including phenoxy) is 1. The second kappa shape index (κ2) is 6.53. The Morgan fingerprint density at radius 2 is 2.14 bits per heavy atom. The lowest BCUT2D eigenvalue weighted by Crippen LogP contribution is -2.14. The first-order valence-electron chi connectivity index (χ1n) is 6.25. The SMILES string of the molecule is COc1cccc(CC(=O)Nc2ccc(F)c(C#N)c2)c1. The quantitative estimate of drug-likeness (QED) is 0.939. The number of carbonyl (C=O) groups is 1. The van der Waals surface area contributed by atoms with Gasteiger partial charge in [-0.3, -0.25) is 4.79 Å². The predicted molar refractivity (Wildman–Crippen MR) is 76.4 cm³/mol. The molecule has 2 rings (SSSR count). The molecule has 0 unspecified atom stereocenters. The molecule has 0 saturated heterocycles. The molecular weight excluding hydrogens is 271 g/mol. The Morgan fingerprint density at radius 3 is 2.86 bits per heavy atom. The van der Waals surface area contributed by atoms with Crippen molar-refractivity contribution in [3.63, 3.8) is 0 Å². The molecule has 1 amide bonds. The fourth-order valence-electron chi connectivity index (χ4n) is 1.86. The van der Waals surface area contributed by atoms with Crippen LogP contribution in [0.2, 0.25) is 0 Å². The van der Waals surface area contributed by atoms with Gasteiger partial charge in [-0.25, -0.2) is 4.39 Å². The third-order valence-electron chi connectivity index (χ3n) is 2.87. The van der Waals surface area contributed by atoms with Crippen LogP contribution in [-0.2, 0) is 11.2 Å². The first-order valence-corrected chi connectivity index (χ1v) is 6.25. The maximum absolute atomic E-state index is 13.2. The maximum Gasteiger partial charge on any atom is 0.228 e. The molecule has 0 radical (unpaired) electrons. The Kier molecular flexibility index (Phi) is 4.52. The highest BCUT2D eigenvalue weighted by molar-refractivity contribution is 5.92. The number of nitrogens with one attached hydrogen (secondary N) is 1. The van der Waals surface area contributed by atoms with Crippen molar-refractivity contribution in [2.75, 3.05) is 12.4 Å². The van der Waals surface area contributed by atoms with E-state index in [1.807, 2.05) is 6.07 Å². The highest BCUT2D eigenvalue weighted by Gasteiger charge is 2.07. The molecule has 0 heterocycles. The normalized spacial score (nSPS) is 9.76. The molecule has 5 heteroatoms. The lowest BCUT2D eigenvalue weighted by atomic mass is 10.1. The molecule has 2 aromatic carbocycles. The minimum absolute atomic E-state index is 0.103. The number of hydrogen-bond donors (Lipinski definition) is 1. The highest BCUT2D eigenvalue weighted by atomic mass is 19.1. The Morgan fingerprint density at radius 1 is 1.33 bits per heavy atom. The average Bonchev–Trinajstić information content (AvgIpc) is 2.49. The summed E-state index contributed by atoms with van der Waals surface area (Å²) in [7, 11) is 1.56. The molecule has 2 aromatic rings. The Hall–Kier alpha value is -2.87. The number of hydrogen-bond acceptors (Lipinski definition) is 3. The van der Waals surface area contributed by atoms with Crippen LogP contribution in [0.15, 0.2) is 42.5 Å². The van der Waals surface area contributed by atoms with Gasteiger partial charge in [-0.1, -0.05) is 12.1 Å². The summed E-state index contributed by atoms with van der Waals surface area (Å²) in [6.07, 6.45) is 0.163. The number of amides is 1. The summed E-state index contributed by atoms with van der Waals surface area (Å²) < 4.78 is 18.3. The Labute approximate surface area is 121 Å². The number of nitriles is 1. The lowest BCUT2D eigenvalue weighted by Gasteiger charge is -2.07. The van der Waals surface area contributed by atoms with E-state index in [9.17, 15) is 9.18 Å². The molecule has 21 heavy (non-hydrogen) atoms. The number of carbonyl (C=O) groups excluding carboxylic acids is 1. The van der Waals surface area contributed by atoms with Crippen LogP contribution in [0.25, 0.3) is 0 Å². The zero-order chi connectivity index (χ0) is 15.2. The third kappa shape index (κ3) is 3.80. The molecule has 0 fully saturated rings. The predicted octanol–water partition coefficient (Wildman–Crippen LogP) is 2.89. The summed E-state index contributed by atoms with van der Waals surface area (Å²) >= 11 is 0. The van der Waals surface area contributed by atoms with Crippen LogP contribution in [0, 0.1) is 17.1 Å². The summed E-state index contributed by atoms with van der Waals surface area (Å²) in [5, 5.41) is 11.4. The Balaban J connectivity index is 2.06. The van der Waals surface area contributed by atoms with E-state index in [4.69, 9.17) is 10.00 Å². The van der Waals surface area contributed by atoms with Crippen molar-refractivity contribution < 1.29 is 13.9 Å². The third-order valence-corrected chi connectivity index (χ3v) is 2.87. The van der Waals surface area contributed by atoms with E-state index in [2.05, 4.69) is 5.32 Å². The average molecular weight is 284 g/mol. The number of rotatable bonds is 4. The van der Waals surface area contributed by atoms with Crippen molar-refractivity contribution >= 4 is 11.6 Å². The van der Waals surface area contributed by atoms with Gasteiger partial charge in [0.25, 0.3) is 0 Å². The van der Waals surface area contributed by atoms with Gasteiger partial charge in [-0.2, -0.15) is 5.26 Å². The summed E-state index contributed by atoms with van der Waals surface area (Å²) in [6.45, 7) is 0. The molecule has 0 aromatic heterocycles. The van der Waals surface area contributed by atoms with Gasteiger partial charge in [0.15, 0.2) is 0 Å². The Bertz CT molecular complexity index is 708. The summed E-state index contributed by atoms with van der Waals surface area (Å²) in [5.74, 6) is -0.184. The van der Waals surface area contributed by atoms with Crippen LogP contribution >= 0.6 is 0 Å². The molecule has 0 bridgehead atoms. The smallest absolute Gasteiger partial charge is 0.228 e. The van der Waals surface area contributed by atoms with Gasteiger partial charge in [0.1, 0.15) is 17.6 Å². The van der Waals surface area contributed by atoms with Crippen LogP contribution in [0.4, 0.5) is 10.1 Å². The second-order valence-corrected chi connectivity index (χ2v) is 4.38. The van der Waals surface area contributed by atoms with Crippen LogP contribution in [-0.4, -0.2) is 13.0 Å². The zero-order valence-corrected chi connectivity index (χ0v) is 11.4. The minimum Gasteiger partial charge on any atom is -0.497 e. The first kappa shape index (κ1) is 14.5. The van der Waals surface area contributed by atoms with Gasteiger partial charge in [-0.05, 0) is 35.9 Å². The monoisotopic (exact) mass is 284 g/mol. The van der Waals surface area contributed by atoms with E-state index in [1.165, 1.54) is 12.1 Å². The van der Waals surface area contributed by atoms with Crippen molar-refractivity contribution in [2.24, 2.45) is 0 Å². The topological polar surface area (TPSA) is 62.1 Å². The standard InChI is InChI=1S/C16H13FN2O2/c1-21-14-4-2-3-11(7-14)8-16(20)19-13-5-6-15(17)12(9-13)10-18/h2-7,9H,8H2,1H3,(H,19,20). The van der Waals surface area contributed by atoms with Gasteiger partial charge in [-0.15, -0.1) is 0 Å². The van der Waals surface area contributed by atoms with Gasteiger partial charge in [0.05, 0.1) is 19.1 Å². The highest BCUT2D eigenvalue weighted by Crippen LogP contribution is 2.16. The fraction of sp³-hybridized carbons (Fsp3) is 0.125. The van der Waals surface area contributed by atoms with Crippen molar-refractivity contribution in [2.45, 2.75) is 6.42 Å². The fourth-order valence-corrected chi connectivity index (χ4v) is 1.86. The van der Waals surface area contributed by atoms with Crippen molar-refractivity contribution in [1.29, 1.82) is 5.26 Å². The molecule has 0 atom stereocenters. The summed E-state index contributed by atoms with van der Waals surface area (Å²) in [5.41, 5.74) is 1.09. The summed E-state index contributed by atoms with van der Waals surface area (Å²) in [6, 6.07) is 12.8. The van der Waals surface area contributed by atoms with Gasteiger partial charge in [0.2, 0.25) is 5.91 Å². The first-order chi connectivity index (χ1) is 10.1. The molecule has 106 valence electrons. The zero-order valence-electron chi connectivity index (χ0n) is 11.4. The largest absolute Gasteiger partial charge is 0.497 e. The minimum atomic E-state index is -0.608. The number of halogens is 1. The molecular formula is C16H13FN2O2. The molecule has 1 N–H and O–H groups in total. The molecule has 0 spiro atoms. The molecule has 0 aliphatic carbocycles. The van der Waals surface area contributed by atoms with E-state index in [0.717, 1.165) is 11.6 Å².